The van der Waals surface area contributed by atoms with E-state index >= 15 is 0 Å². The number of hydrogen-bond donors (Lipinski definition) is 2. The molecule has 1 aliphatic heterocycles. The smallest absolute Gasteiger partial charge is 0.408 e. The second-order valence-electron chi connectivity index (χ2n) is 6.98. The number of hydrogen-bond acceptors (Lipinski definition) is 7. The van der Waals surface area contributed by atoms with Crippen LogP contribution < -0.4 is 10.6 Å². The summed E-state index contributed by atoms with van der Waals surface area (Å²) in [6.07, 6.45) is 0.0196. The van der Waals surface area contributed by atoms with Crippen LogP contribution in [0, 0.1) is 4.91 Å². The first-order valence-corrected chi connectivity index (χ1v) is 9.86. The van der Waals surface area contributed by atoms with Crippen molar-refractivity contribution in [1.29, 1.82) is 0 Å². The molecule has 0 aliphatic carbocycles. The van der Waals surface area contributed by atoms with Gasteiger partial charge in [0.2, 0.25) is 0 Å². The van der Waals surface area contributed by atoms with Gasteiger partial charge in [0.1, 0.15) is 24.7 Å². The van der Waals surface area contributed by atoms with Crippen molar-refractivity contribution in [3.63, 3.8) is 0 Å². The molecule has 2 atom stereocenters. The number of amides is 2. The minimum atomic E-state index is -1.12. The third-order valence-electron chi connectivity index (χ3n) is 4.80. The molecule has 1 heterocycles. The number of alkyl carbamates (subject to hydrolysis) is 1. The van der Waals surface area contributed by atoms with E-state index in [2.05, 4.69) is 20.8 Å². The number of nitroso groups, excluding NO2 is 1. The molecule has 2 amide bonds. The molecule has 3 rings (SSSR count). The first kappa shape index (κ1) is 22.1. The molecule has 9 nitrogen and oxygen atoms in total. The van der Waals surface area contributed by atoms with Crippen LogP contribution >= 0.6 is 0 Å². The van der Waals surface area contributed by atoms with Gasteiger partial charge < -0.3 is 20.1 Å². The first-order valence-electron chi connectivity index (χ1n) is 9.86. The maximum Gasteiger partial charge on any atom is 0.408 e. The van der Waals surface area contributed by atoms with E-state index in [1.807, 2.05) is 42.5 Å². The maximum absolute atomic E-state index is 12.1. The highest BCUT2D eigenvalue weighted by Gasteiger charge is 2.23. The summed E-state index contributed by atoms with van der Waals surface area (Å²) in [5.74, 6) is -0.239. The summed E-state index contributed by atoms with van der Waals surface area (Å²) in [4.78, 5) is 39.3. The van der Waals surface area contributed by atoms with Gasteiger partial charge in [-0.3, -0.25) is 9.79 Å². The van der Waals surface area contributed by atoms with Gasteiger partial charge in [-0.2, -0.15) is 0 Å². The number of benzene rings is 2. The van der Waals surface area contributed by atoms with Crippen molar-refractivity contribution >= 4 is 17.8 Å². The molecule has 1 aliphatic rings. The van der Waals surface area contributed by atoms with Crippen LogP contribution in [0.15, 0.2) is 64.8 Å². The summed E-state index contributed by atoms with van der Waals surface area (Å²) >= 11 is 0. The SMILES string of the molecule is COC1CCN=C(c2ccc(C[C@H](NC(=O)OCc3ccccc3)C(=O)N=O)cc2)N1. The van der Waals surface area contributed by atoms with E-state index in [9.17, 15) is 14.5 Å². The first-order chi connectivity index (χ1) is 15.1. The van der Waals surface area contributed by atoms with Gasteiger partial charge >= 0.3 is 12.0 Å². The summed E-state index contributed by atoms with van der Waals surface area (Å²) in [6.45, 7) is 0.716. The third-order valence-corrected chi connectivity index (χ3v) is 4.80. The molecule has 2 aromatic carbocycles. The lowest BCUT2D eigenvalue weighted by atomic mass is 10.0. The molecule has 0 radical (unpaired) electrons. The van der Waals surface area contributed by atoms with E-state index in [0.717, 1.165) is 28.9 Å². The van der Waals surface area contributed by atoms with Crippen molar-refractivity contribution in [2.24, 2.45) is 10.2 Å². The highest BCUT2D eigenvalue weighted by Crippen LogP contribution is 2.12. The number of ether oxygens (including phenoxy) is 2. The van der Waals surface area contributed by atoms with Crippen molar-refractivity contribution in [2.75, 3.05) is 13.7 Å². The highest BCUT2D eigenvalue weighted by atomic mass is 16.5. The van der Waals surface area contributed by atoms with Gasteiger partial charge in [0, 0.05) is 37.2 Å². The Morgan fingerprint density at radius 1 is 1.16 bits per heavy atom. The van der Waals surface area contributed by atoms with Crippen molar-refractivity contribution in [3.05, 3.63) is 76.2 Å². The normalized spacial score (nSPS) is 16.4. The Hall–Kier alpha value is -3.59. The number of aliphatic imine (C=N–C) groups is 1. The van der Waals surface area contributed by atoms with Gasteiger partial charge in [-0.1, -0.05) is 54.6 Å². The van der Waals surface area contributed by atoms with Crippen LogP contribution in [0.4, 0.5) is 4.79 Å². The van der Waals surface area contributed by atoms with Crippen LogP contribution in [-0.4, -0.2) is 43.8 Å². The minimum Gasteiger partial charge on any atom is -0.445 e. The molecule has 9 heteroatoms. The molecule has 162 valence electrons. The zero-order valence-corrected chi connectivity index (χ0v) is 17.1. The molecule has 1 unspecified atom stereocenters. The van der Waals surface area contributed by atoms with Crippen molar-refractivity contribution in [2.45, 2.75) is 31.7 Å². The molecule has 2 aromatic rings. The Balaban J connectivity index is 1.60. The molecule has 0 bridgehead atoms. The Kier molecular flexibility index (Phi) is 7.83. The van der Waals surface area contributed by atoms with Gasteiger partial charge in [-0.05, 0) is 11.1 Å². The van der Waals surface area contributed by atoms with E-state index in [1.54, 1.807) is 19.2 Å². The summed E-state index contributed by atoms with van der Waals surface area (Å²) in [5.41, 5.74) is 2.42. The number of methoxy groups -OCH3 is 1. The Morgan fingerprint density at radius 2 is 1.90 bits per heavy atom. The Bertz CT molecular complexity index is 931. The Labute approximate surface area is 179 Å². The van der Waals surface area contributed by atoms with Crippen LogP contribution in [0.25, 0.3) is 0 Å². The van der Waals surface area contributed by atoms with Crippen molar-refractivity contribution < 1.29 is 19.1 Å². The van der Waals surface area contributed by atoms with E-state index in [-0.39, 0.29) is 19.3 Å². The van der Waals surface area contributed by atoms with E-state index < -0.39 is 18.0 Å². The Morgan fingerprint density at radius 3 is 2.58 bits per heavy atom. The standard InChI is InChI=1S/C22H24N4O5/c1-30-19-11-12-23-20(25-19)17-9-7-15(8-10-17)13-18(21(27)26-29)24-22(28)31-14-16-5-3-2-4-6-16/h2-10,18-19H,11-14H2,1H3,(H,23,25)(H,24,28)/t18-,19?/m0/s1. The average Bonchev–Trinajstić information content (AvgIpc) is 2.83. The fourth-order valence-electron chi connectivity index (χ4n) is 3.12. The molecule has 0 spiro atoms. The molecule has 2 N–H and O–H groups in total. The number of rotatable bonds is 8. The van der Waals surface area contributed by atoms with Crippen LogP contribution in [0.2, 0.25) is 0 Å². The molecule has 0 aromatic heterocycles. The molecule has 0 saturated heterocycles. The molecule has 0 saturated carbocycles. The van der Waals surface area contributed by atoms with Crippen molar-refractivity contribution in [1.82, 2.24) is 10.6 Å². The molecular formula is C22H24N4O5. The quantitative estimate of drug-likeness (QED) is 0.629. The molecule has 31 heavy (non-hydrogen) atoms. The molecular weight excluding hydrogens is 400 g/mol. The summed E-state index contributed by atoms with van der Waals surface area (Å²) in [7, 11) is 1.64. The van der Waals surface area contributed by atoms with Gasteiger partial charge in [-0.25, -0.2) is 4.79 Å². The fourth-order valence-corrected chi connectivity index (χ4v) is 3.12. The third kappa shape index (κ3) is 6.45. The number of nitrogens with zero attached hydrogens (tertiary/aromatic N) is 2. The predicted molar refractivity (Wildman–Crippen MR) is 114 cm³/mol. The number of nitrogens with one attached hydrogen (secondary N) is 2. The van der Waals surface area contributed by atoms with Crippen LogP contribution in [0.3, 0.4) is 0 Å². The zero-order chi connectivity index (χ0) is 22.1. The second-order valence-corrected chi connectivity index (χ2v) is 6.98. The van der Waals surface area contributed by atoms with E-state index in [4.69, 9.17) is 9.47 Å². The van der Waals surface area contributed by atoms with Gasteiger partial charge in [0.05, 0.1) is 0 Å². The van der Waals surface area contributed by atoms with E-state index in [0.29, 0.717) is 6.54 Å². The fraction of sp³-hybridized carbons (Fsp3) is 0.318. The lowest BCUT2D eigenvalue weighted by molar-refractivity contribution is -0.119. The van der Waals surface area contributed by atoms with Crippen LogP contribution in [0.5, 0.6) is 0 Å². The lowest BCUT2D eigenvalue weighted by Gasteiger charge is -2.23. The summed E-state index contributed by atoms with van der Waals surface area (Å²) in [6, 6.07) is 15.3. The number of amidine groups is 1. The minimum absolute atomic E-state index is 0.0500. The predicted octanol–water partition coefficient (Wildman–Crippen LogP) is 2.53. The van der Waals surface area contributed by atoms with Gasteiger partial charge in [0.25, 0.3) is 0 Å². The highest BCUT2D eigenvalue weighted by molar-refractivity contribution is 5.99. The number of carbonyl (C=O) groups excluding carboxylic acids is 2. The van der Waals surface area contributed by atoms with Crippen LogP contribution in [0.1, 0.15) is 23.1 Å². The van der Waals surface area contributed by atoms with Gasteiger partial charge in [-0.15, -0.1) is 4.91 Å². The van der Waals surface area contributed by atoms with E-state index in [1.165, 1.54) is 0 Å². The number of carbonyl (C=O) groups is 2. The largest absolute Gasteiger partial charge is 0.445 e. The van der Waals surface area contributed by atoms with Gasteiger partial charge in [0.15, 0.2) is 0 Å². The summed E-state index contributed by atoms with van der Waals surface area (Å²) in [5, 5.41) is 8.09. The summed E-state index contributed by atoms with van der Waals surface area (Å²) < 4.78 is 10.4. The monoisotopic (exact) mass is 424 g/mol. The maximum atomic E-state index is 12.1. The second kappa shape index (κ2) is 11.0. The zero-order valence-electron chi connectivity index (χ0n) is 17.1. The van der Waals surface area contributed by atoms with Crippen LogP contribution in [-0.2, 0) is 27.3 Å². The topological polar surface area (TPSA) is 118 Å². The lowest BCUT2D eigenvalue weighted by Crippen LogP contribution is -2.42. The molecule has 0 fully saturated rings. The van der Waals surface area contributed by atoms with Crippen molar-refractivity contribution in [3.8, 4) is 0 Å². The average molecular weight is 424 g/mol.